The summed E-state index contributed by atoms with van der Waals surface area (Å²) in [6.45, 7) is 37.4. The largest absolute Gasteiger partial charge is 0.322 e. The Kier molecular flexibility index (Phi) is 26.7. The molecule has 2 aromatic rings. The molecular weight excluding hydrogens is 1330 g/mol. The topological polar surface area (TPSA) is 130 Å². The maximum Gasteiger partial charge on any atom is 0.290 e. The molecule has 0 N–H and O–H groups in total. The Labute approximate surface area is 586 Å². The van der Waals surface area contributed by atoms with Gasteiger partial charge in [-0.25, -0.2) is 18.7 Å². The Morgan fingerprint density at radius 2 is 0.542 bits per heavy atom. The highest BCUT2D eigenvalue weighted by molar-refractivity contribution is 7.49. The lowest BCUT2D eigenvalue weighted by atomic mass is 9.80. The molecule has 8 unspecified atom stereocenters. The second-order valence-corrected chi connectivity index (χ2v) is 40.1. The highest BCUT2D eigenvalue weighted by atomic mass is 31.2. The average molecular weight is 1450 g/mol. The molecule has 0 radical (unpaired) electrons. The summed E-state index contributed by atoms with van der Waals surface area (Å²) in [5.74, 6) is 7.83. The summed E-state index contributed by atoms with van der Waals surface area (Å²) in [7, 11) is -4.75. The molecule has 0 amide bonds. The first-order chi connectivity index (χ1) is 46.5. The summed E-state index contributed by atoms with van der Waals surface area (Å²) >= 11 is 0. The van der Waals surface area contributed by atoms with Crippen molar-refractivity contribution in [3.63, 3.8) is 0 Å². The van der Waals surface area contributed by atoms with Gasteiger partial charge in [-0.2, -0.15) is 0 Å². The van der Waals surface area contributed by atoms with Crippen LogP contribution in [0.1, 0.15) is 209 Å². The van der Waals surface area contributed by atoms with Gasteiger partial charge in [0.05, 0.1) is 76.3 Å². The number of nitrogens with zero attached hydrogens (tertiary/aromatic N) is 6. The van der Waals surface area contributed by atoms with Gasteiger partial charge in [-0.1, -0.05) is 87.8 Å². The van der Waals surface area contributed by atoms with Crippen LogP contribution in [0.5, 0.6) is 0 Å². The molecule has 18 nitrogen and oxygen atoms in total. The maximum absolute atomic E-state index is 5.94. The van der Waals surface area contributed by atoms with E-state index in [1.807, 2.05) is 0 Å². The van der Waals surface area contributed by atoms with Gasteiger partial charge in [-0.3, -0.25) is 0 Å². The van der Waals surface area contributed by atoms with Crippen LogP contribution in [-0.2, 0) is 54.3 Å². The van der Waals surface area contributed by atoms with Gasteiger partial charge in [-0.05, 0) is 181 Å². The predicted octanol–water partition coefficient (Wildman–Crippen LogP) is 19.2. The number of para-hydroxylation sites is 2. The molecule has 24 heteroatoms. The maximum atomic E-state index is 5.94. The quantitative estimate of drug-likeness (QED) is 0.187. The molecule has 16 aliphatic rings. The molecule has 18 rings (SSSR count). The number of fused-ring (bicyclic) bond motifs is 30. The van der Waals surface area contributed by atoms with Crippen LogP contribution >= 0.6 is 51.2 Å². The molecule has 540 valence electrons. The minimum atomic E-state index is -0.886. The van der Waals surface area contributed by atoms with Crippen LogP contribution in [0, 0.1) is 47.3 Å². The van der Waals surface area contributed by atoms with Crippen LogP contribution in [-0.4, -0.2) is 158 Å². The van der Waals surface area contributed by atoms with Crippen molar-refractivity contribution in [3.05, 3.63) is 59.7 Å². The third-order valence-electron chi connectivity index (χ3n) is 22.3. The molecule has 2 aromatic carbocycles. The minimum absolute atomic E-state index is 0.218. The third kappa shape index (κ3) is 17.4. The minimum Gasteiger partial charge on any atom is -0.322 e. The van der Waals surface area contributed by atoms with E-state index < -0.39 is 51.2 Å². The number of hydrogen-bond acceptors (Lipinski definition) is 18. The van der Waals surface area contributed by atoms with Gasteiger partial charge >= 0.3 is 0 Å². The molecular formula is C72H120N6O12P6. The summed E-state index contributed by atoms with van der Waals surface area (Å²) in [5.41, 5.74) is 5.44. The lowest BCUT2D eigenvalue weighted by Gasteiger charge is -2.35. The first kappa shape index (κ1) is 74.3. The van der Waals surface area contributed by atoms with Crippen LogP contribution in [0.15, 0.2) is 48.5 Å². The molecule has 12 bridgehead atoms. The normalized spacial score (nSPS) is 40.5. The smallest absolute Gasteiger partial charge is 0.290 e. The standard InChI is InChI=1S/4C12H22NO2P.2C12H16NO2P/c6*1-9(2)15-16-13-7-10(8-14-16)11-5-3-4-6-12(11)13/h4*9-12H,3-8H2,1-2H3;2*3-6,9-10H,7-8H2,1-2H3/t2*10-,11+,12?,16+;2*10-,11-,12?,16+;2*10-,16+/m101010/s1. The summed E-state index contributed by atoms with van der Waals surface area (Å²) < 4.78 is 85.6. The molecule has 12 heterocycles. The number of benzene rings is 2. The van der Waals surface area contributed by atoms with E-state index in [2.05, 4.69) is 160 Å². The van der Waals surface area contributed by atoms with Crippen LogP contribution < -0.4 is 9.34 Å². The Bertz CT molecular complexity index is 2470. The van der Waals surface area contributed by atoms with Gasteiger partial charge in [-0.15, -0.1) is 0 Å². The predicted molar refractivity (Wildman–Crippen MR) is 391 cm³/mol. The van der Waals surface area contributed by atoms with Crippen LogP contribution in [0.4, 0.5) is 11.4 Å². The van der Waals surface area contributed by atoms with Gasteiger partial charge in [0.1, 0.15) is 0 Å². The fraction of sp³-hybridized carbons (Fsp3) is 0.833. The average Bonchev–Trinajstić information content (AvgIpc) is 1.70. The Hall–Kier alpha value is -0.0200. The Balaban J connectivity index is 0.000000104. The van der Waals surface area contributed by atoms with Crippen molar-refractivity contribution in [2.45, 2.75) is 258 Å². The van der Waals surface area contributed by atoms with Crippen molar-refractivity contribution >= 4 is 62.5 Å². The van der Waals surface area contributed by atoms with Crippen LogP contribution in [0.2, 0.25) is 0 Å². The van der Waals surface area contributed by atoms with Crippen molar-refractivity contribution in [1.29, 1.82) is 0 Å². The van der Waals surface area contributed by atoms with E-state index in [0.717, 1.165) is 124 Å². The zero-order valence-corrected chi connectivity index (χ0v) is 65.6. The SMILES string of the molecule is CC(C)O[P@@]1OC[C@@H]2CN1C1CCCC[C@@H]12.CC(C)O[P@@]1OC[C@@H]2CN1C1CCCC[C@H]12.CC(C)O[P@@]1OC[C@@H]2CN1c1ccccc12.CC(C)O[P@]1OC[C@H]2CN1C1CCCC[C@@H]12.CC(C)O[P@]1OC[C@H]2CN1C1CCCC[C@H]12.CC(C)O[P@]1OC[C@H]2CN1c1ccccc12. The van der Waals surface area contributed by atoms with Crippen molar-refractivity contribution in [3.8, 4) is 0 Å². The van der Waals surface area contributed by atoms with E-state index in [-0.39, 0.29) is 36.6 Å². The molecule has 96 heavy (non-hydrogen) atoms. The van der Waals surface area contributed by atoms with Crippen molar-refractivity contribution in [2.24, 2.45) is 47.3 Å². The highest BCUT2D eigenvalue weighted by Gasteiger charge is 2.54. The lowest BCUT2D eigenvalue weighted by molar-refractivity contribution is 0.134. The molecule has 4 saturated carbocycles. The fourth-order valence-corrected chi connectivity index (χ4v) is 29.2. The summed E-state index contributed by atoms with van der Waals surface area (Å²) in [6.07, 6.45) is 24.0. The van der Waals surface area contributed by atoms with E-state index in [1.165, 1.54) is 151 Å². The van der Waals surface area contributed by atoms with E-state index in [9.17, 15) is 0 Å². The molecule has 10 saturated heterocycles. The lowest BCUT2D eigenvalue weighted by Crippen LogP contribution is -2.32. The van der Waals surface area contributed by atoms with Gasteiger partial charge in [0.2, 0.25) is 0 Å². The molecule has 0 aromatic heterocycles. The van der Waals surface area contributed by atoms with Crippen molar-refractivity contribution < 1.29 is 54.3 Å². The van der Waals surface area contributed by atoms with E-state index >= 15 is 0 Å². The van der Waals surface area contributed by atoms with E-state index in [4.69, 9.17) is 54.3 Å². The second-order valence-electron chi connectivity index (χ2n) is 31.4. The number of anilines is 2. The van der Waals surface area contributed by atoms with Gasteiger partial charge < -0.3 is 63.6 Å². The van der Waals surface area contributed by atoms with E-state index in [1.54, 1.807) is 0 Å². The zero-order chi connectivity index (χ0) is 66.7. The van der Waals surface area contributed by atoms with Crippen LogP contribution in [0.25, 0.3) is 0 Å². The van der Waals surface area contributed by atoms with Crippen molar-refractivity contribution in [1.82, 2.24) is 18.7 Å². The summed E-state index contributed by atoms with van der Waals surface area (Å²) in [4.78, 5) is 0. The number of rotatable bonds is 12. The number of hydrogen-bond donors (Lipinski definition) is 0. The fourth-order valence-electron chi connectivity index (χ4n) is 18.3. The molecule has 4 aliphatic carbocycles. The summed E-state index contributed by atoms with van der Waals surface area (Å²) in [5, 5.41) is 0. The Morgan fingerprint density at radius 1 is 0.302 bits per heavy atom. The van der Waals surface area contributed by atoms with Gasteiger partial charge in [0.15, 0.2) is 0 Å². The monoisotopic (exact) mass is 1450 g/mol. The molecule has 0 spiro atoms. The molecule has 14 fully saturated rings. The molecule has 12 aliphatic heterocycles. The highest BCUT2D eigenvalue weighted by Crippen LogP contribution is 2.64. The van der Waals surface area contributed by atoms with Crippen molar-refractivity contribution in [2.75, 3.05) is 88.3 Å². The first-order valence-electron chi connectivity index (χ1n) is 37.9. The Morgan fingerprint density at radius 3 is 0.812 bits per heavy atom. The second kappa shape index (κ2) is 34.5. The first-order valence-corrected chi connectivity index (χ1v) is 44.7. The molecule has 24 atom stereocenters. The third-order valence-corrected chi connectivity index (χ3v) is 33.2. The summed E-state index contributed by atoms with van der Waals surface area (Å²) in [6, 6.07) is 20.2. The van der Waals surface area contributed by atoms with Gasteiger partial charge in [0.25, 0.3) is 51.2 Å². The van der Waals surface area contributed by atoms with Gasteiger partial charge in [0, 0.05) is 110 Å². The zero-order valence-electron chi connectivity index (χ0n) is 60.2. The van der Waals surface area contributed by atoms with E-state index in [0.29, 0.717) is 11.8 Å². The van der Waals surface area contributed by atoms with Crippen LogP contribution in [0.3, 0.4) is 0 Å².